The Morgan fingerprint density at radius 3 is 2.47 bits per heavy atom. The van der Waals surface area contributed by atoms with Gasteiger partial charge in [-0.2, -0.15) is 13.2 Å². The minimum atomic E-state index is -4.42. The number of halogens is 4. The van der Waals surface area contributed by atoms with Crippen molar-refractivity contribution in [2.75, 3.05) is 7.11 Å². The molecule has 2 rings (SSSR count). The van der Waals surface area contributed by atoms with E-state index in [-0.39, 0.29) is 16.4 Å². The quantitative estimate of drug-likeness (QED) is 0.791. The fraction of sp³-hybridized carbons (Fsp3) is 0.200. The summed E-state index contributed by atoms with van der Waals surface area (Å²) in [5, 5.41) is 7.61. The summed E-state index contributed by atoms with van der Waals surface area (Å²) < 4.78 is 42.5. The monoisotopic (exact) mass is 262 g/mol. The van der Waals surface area contributed by atoms with Crippen molar-refractivity contribution in [3.05, 3.63) is 28.9 Å². The number of aromatic nitrogens is 2. The van der Waals surface area contributed by atoms with E-state index in [0.717, 1.165) is 12.1 Å². The Hall–Kier alpha value is -1.56. The Morgan fingerprint density at radius 2 is 1.88 bits per heavy atom. The van der Waals surface area contributed by atoms with E-state index in [0.29, 0.717) is 5.39 Å². The third kappa shape index (κ3) is 2.12. The summed E-state index contributed by atoms with van der Waals surface area (Å²) in [5.41, 5.74) is -0.790. The van der Waals surface area contributed by atoms with Gasteiger partial charge in [-0.15, -0.1) is 10.2 Å². The normalized spacial score (nSPS) is 11.8. The van der Waals surface area contributed by atoms with Gasteiger partial charge in [0.05, 0.1) is 12.7 Å². The summed E-state index contributed by atoms with van der Waals surface area (Å²) in [6.45, 7) is 0. The predicted molar refractivity (Wildman–Crippen MR) is 56.1 cm³/mol. The number of hydrogen-bond acceptors (Lipinski definition) is 3. The molecule has 1 aromatic carbocycles. The Balaban J connectivity index is 2.73. The Kier molecular flexibility index (Phi) is 2.82. The van der Waals surface area contributed by atoms with Crippen LogP contribution in [0.5, 0.6) is 5.88 Å². The number of rotatable bonds is 1. The zero-order chi connectivity index (χ0) is 12.6. The molecule has 0 radical (unpaired) electrons. The second kappa shape index (κ2) is 4.03. The van der Waals surface area contributed by atoms with Gasteiger partial charge in [-0.05, 0) is 18.2 Å². The number of benzene rings is 1. The molecule has 0 aliphatic rings. The van der Waals surface area contributed by atoms with Crippen LogP contribution in [0.2, 0.25) is 5.15 Å². The maximum atomic E-state index is 12.5. The Morgan fingerprint density at radius 1 is 1.18 bits per heavy atom. The summed E-state index contributed by atoms with van der Waals surface area (Å²) in [6, 6.07) is 3.13. The molecule has 0 aliphatic heterocycles. The summed E-state index contributed by atoms with van der Waals surface area (Å²) in [6.07, 6.45) is -4.42. The van der Waals surface area contributed by atoms with Crippen LogP contribution in [0.1, 0.15) is 5.56 Å². The fourth-order valence-corrected chi connectivity index (χ4v) is 1.62. The first-order chi connectivity index (χ1) is 7.93. The predicted octanol–water partition coefficient (Wildman–Crippen LogP) is 3.31. The second-order valence-electron chi connectivity index (χ2n) is 3.26. The van der Waals surface area contributed by atoms with Crippen LogP contribution in [0.4, 0.5) is 13.2 Å². The lowest BCUT2D eigenvalue weighted by Gasteiger charge is -2.09. The molecule has 0 spiro atoms. The van der Waals surface area contributed by atoms with Gasteiger partial charge in [-0.25, -0.2) is 0 Å². The topological polar surface area (TPSA) is 35.0 Å². The number of ether oxygens (including phenoxy) is 1. The number of hydrogen-bond donors (Lipinski definition) is 0. The van der Waals surface area contributed by atoms with Crippen molar-refractivity contribution in [1.29, 1.82) is 0 Å². The van der Waals surface area contributed by atoms with Crippen LogP contribution in [0.25, 0.3) is 10.8 Å². The molecular weight excluding hydrogens is 257 g/mol. The average Bonchev–Trinajstić information content (AvgIpc) is 2.28. The molecule has 90 valence electrons. The van der Waals surface area contributed by atoms with Crippen LogP contribution >= 0.6 is 11.6 Å². The average molecular weight is 263 g/mol. The van der Waals surface area contributed by atoms with Crippen LogP contribution in [0, 0.1) is 0 Å². The lowest BCUT2D eigenvalue weighted by Crippen LogP contribution is -2.05. The molecular formula is C10H6ClF3N2O. The lowest BCUT2D eigenvalue weighted by atomic mass is 10.1. The van der Waals surface area contributed by atoms with E-state index in [2.05, 4.69) is 10.2 Å². The molecule has 0 unspecified atom stereocenters. The molecule has 2 aromatic rings. The van der Waals surface area contributed by atoms with E-state index in [1.807, 2.05) is 0 Å². The van der Waals surface area contributed by atoms with E-state index in [1.165, 1.54) is 13.2 Å². The first-order valence-electron chi connectivity index (χ1n) is 4.50. The largest absolute Gasteiger partial charge is 0.479 e. The molecule has 0 aliphatic carbocycles. The number of methoxy groups -OCH3 is 1. The van der Waals surface area contributed by atoms with Crippen molar-refractivity contribution < 1.29 is 17.9 Å². The highest BCUT2D eigenvalue weighted by Crippen LogP contribution is 2.34. The van der Waals surface area contributed by atoms with Gasteiger partial charge in [-0.1, -0.05) is 11.6 Å². The third-order valence-corrected chi connectivity index (χ3v) is 2.50. The molecule has 3 nitrogen and oxygen atoms in total. The smallest absolute Gasteiger partial charge is 0.416 e. The van der Waals surface area contributed by atoms with Crippen molar-refractivity contribution in [3.8, 4) is 5.88 Å². The van der Waals surface area contributed by atoms with Crippen LogP contribution in [-0.2, 0) is 6.18 Å². The molecule has 0 atom stereocenters. The highest BCUT2D eigenvalue weighted by atomic mass is 35.5. The molecule has 0 bridgehead atoms. The van der Waals surface area contributed by atoms with Crippen molar-refractivity contribution in [2.24, 2.45) is 0 Å². The molecule has 7 heteroatoms. The molecule has 0 saturated carbocycles. The van der Waals surface area contributed by atoms with Crippen molar-refractivity contribution in [3.63, 3.8) is 0 Å². The minimum absolute atomic E-state index is 0.0908. The summed E-state index contributed by atoms with van der Waals surface area (Å²) in [4.78, 5) is 0. The number of nitrogens with zero attached hydrogens (tertiary/aromatic N) is 2. The van der Waals surface area contributed by atoms with E-state index >= 15 is 0 Å². The van der Waals surface area contributed by atoms with E-state index in [1.54, 1.807) is 0 Å². The minimum Gasteiger partial charge on any atom is -0.479 e. The molecule has 0 saturated heterocycles. The Bertz CT molecular complexity index is 571. The molecule has 0 N–H and O–H groups in total. The van der Waals surface area contributed by atoms with Gasteiger partial charge in [0.25, 0.3) is 0 Å². The van der Waals surface area contributed by atoms with Gasteiger partial charge >= 0.3 is 6.18 Å². The zero-order valence-electron chi connectivity index (χ0n) is 8.55. The van der Waals surface area contributed by atoms with Crippen LogP contribution in [0.3, 0.4) is 0 Å². The number of fused-ring (bicyclic) bond motifs is 1. The van der Waals surface area contributed by atoms with E-state index < -0.39 is 11.7 Å². The van der Waals surface area contributed by atoms with Gasteiger partial charge in [0.1, 0.15) is 0 Å². The van der Waals surface area contributed by atoms with Crippen LogP contribution < -0.4 is 4.74 Å². The maximum Gasteiger partial charge on any atom is 0.416 e. The molecule has 0 amide bonds. The van der Waals surface area contributed by atoms with Crippen molar-refractivity contribution in [2.45, 2.75) is 6.18 Å². The second-order valence-corrected chi connectivity index (χ2v) is 3.62. The van der Waals surface area contributed by atoms with Gasteiger partial charge in [0.15, 0.2) is 5.15 Å². The van der Waals surface area contributed by atoms with Crippen molar-refractivity contribution >= 4 is 22.4 Å². The molecule has 0 fully saturated rings. The highest BCUT2D eigenvalue weighted by Gasteiger charge is 2.31. The maximum absolute atomic E-state index is 12.5. The standard InChI is InChI=1S/C10H6ClF3N2O/c1-17-9-6-3-2-5(10(12,13)14)4-7(6)8(11)15-16-9/h2-4H,1H3. The Labute approximate surface area is 99.2 Å². The van der Waals surface area contributed by atoms with Gasteiger partial charge in [0, 0.05) is 10.8 Å². The van der Waals surface area contributed by atoms with E-state index in [9.17, 15) is 13.2 Å². The van der Waals surface area contributed by atoms with Gasteiger partial charge in [0.2, 0.25) is 5.88 Å². The zero-order valence-corrected chi connectivity index (χ0v) is 9.30. The van der Waals surface area contributed by atoms with Crippen molar-refractivity contribution in [1.82, 2.24) is 10.2 Å². The lowest BCUT2D eigenvalue weighted by molar-refractivity contribution is -0.137. The van der Waals surface area contributed by atoms with Crippen LogP contribution in [0.15, 0.2) is 18.2 Å². The summed E-state index contributed by atoms with van der Waals surface area (Å²) >= 11 is 5.71. The van der Waals surface area contributed by atoms with E-state index in [4.69, 9.17) is 16.3 Å². The summed E-state index contributed by atoms with van der Waals surface area (Å²) in [7, 11) is 1.36. The fourth-order valence-electron chi connectivity index (χ4n) is 1.43. The number of alkyl halides is 3. The highest BCUT2D eigenvalue weighted by molar-refractivity contribution is 6.34. The van der Waals surface area contributed by atoms with Crippen LogP contribution in [-0.4, -0.2) is 17.3 Å². The SMILES string of the molecule is COc1nnc(Cl)c2cc(C(F)(F)F)ccc12. The molecule has 1 heterocycles. The van der Waals surface area contributed by atoms with Gasteiger partial charge < -0.3 is 4.74 Å². The van der Waals surface area contributed by atoms with Gasteiger partial charge in [-0.3, -0.25) is 0 Å². The summed E-state index contributed by atoms with van der Waals surface area (Å²) in [5.74, 6) is 0.137. The molecule has 17 heavy (non-hydrogen) atoms. The first kappa shape index (κ1) is 11.9. The molecule has 1 aromatic heterocycles. The third-order valence-electron chi connectivity index (χ3n) is 2.22. The first-order valence-corrected chi connectivity index (χ1v) is 4.88.